The number of imidazole rings is 1. The fourth-order valence-electron chi connectivity index (χ4n) is 3.98. The molecule has 0 saturated carbocycles. The second-order valence-corrected chi connectivity index (χ2v) is 6.84. The molecule has 1 aliphatic rings. The van der Waals surface area contributed by atoms with Gasteiger partial charge in [0.1, 0.15) is 17.0 Å². The Morgan fingerprint density at radius 2 is 2.12 bits per heavy atom. The van der Waals surface area contributed by atoms with E-state index in [1.807, 2.05) is 54.3 Å². The third-order valence-corrected chi connectivity index (χ3v) is 5.20. The van der Waals surface area contributed by atoms with Crippen molar-refractivity contribution in [2.24, 2.45) is 0 Å². The Bertz CT molecular complexity index is 1090. The molecule has 1 aliphatic heterocycles. The van der Waals surface area contributed by atoms with Gasteiger partial charge in [0.05, 0.1) is 6.04 Å². The topological polar surface area (TPSA) is 66.8 Å². The molecule has 3 aromatic heterocycles. The number of benzene rings is 1. The van der Waals surface area contributed by atoms with E-state index < -0.39 is 0 Å². The van der Waals surface area contributed by atoms with E-state index in [9.17, 15) is 4.79 Å². The Morgan fingerprint density at radius 3 is 3.00 bits per heavy atom. The Kier molecular flexibility index (Phi) is 3.31. The van der Waals surface area contributed by atoms with Crippen molar-refractivity contribution < 1.29 is 4.79 Å². The summed E-state index contributed by atoms with van der Waals surface area (Å²) in [7, 11) is 0. The van der Waals surface area contributed by atoms with E-state index in [-0.39, 0.29) is 11.9 Å². The van der Waals surface area contributed by atoms with Crippen molar-refractivity contribution in [3.8, 4) is 0 Å². The van der Waals surface area contributed by atoms with Gasteiger partial charge in [0.15, 0.2) is 5.65 Å². The number of hydrogen-bond acceptors (Lipinski definition) is 3. The van der Waals surface area contributed by atoms with Gasteiger partial charge in [0.2, 0.25) is 0 Å². The van der Waals surface area contributed by atoms with Gasteiger partial charge in [0.25, 0.3) is 5.91 Å². The van der Waals surface area contributed by atoms with Gasteiger partial charge >= 0.3 is 0 Å². The lowest BCUT2D eigenvalue weighted by molar-refractivity contribution is 0.0783. The number of pyridine rings is 1. The molecule has 4 heterocycles. The number of carbonyl (C=O) groups excluding carboxylic acids is 1. The third kappa shape index (κ3) is 2.29. The van der Waals surface area contributed by atoms with Crippen LogP contribution in [0.25, 0.3) is 22.1 Å². The number of fused-ring (bicyclic) bond motifs is 2. The maximum Gasteiger partial charge on any atom is 0.270 e. The highest BCUT2D eigenvalue weighted by molar-refractivity contribution is 5.98. The number of hydrogen-bond donors (Lipinski definition) is 1. The van der Waals surface area contributed by atoms with E-state index in [0.29, 0.717) is 12.2 Å². The predicted molar refractivity (Wildman–Crippen MR) is 100 cm³/mol. The minimum Gasteiger partial charge on any atom is -0.351 e. The number of amides is 1. The largest absolute Gasteiger partial charge is 0.351 e. The molecule has 0 aliphatic carbocycles. The molecule has 6 nitrogen and oxygen atoms in total. The average molecular weight is 345 g/mol. The highest BCUT2D eigenvalue weighted by Crippen LogP contribution is 2.28. The molecule has 6 heteroatoms. The lowest BCUT2D eigenvalue weighted by Gasteiger charge is -2.17. The Balaban J connectivity index is 1.43. The molecule has 1 aromatic carbocycles. The van der Waals surface area contributed by atoms with Gasteiger partial charge in [-0.25, -0.2) is 9.97 Å². The second-order valence-electron chi connectivity index (χ2n) is 6.84. The Labute approximate surface area is 150 Å². The zero-order chi connectivity index (χ0) is 17.7. The number of nitrogens with one attached hydrogen (secondary N) is 1. The van der Waals surface area contributed by atoms with Crippen molar-refractivity contribution in [1.29, 1.82) is 0 Å². The van der Waals surface area contributed by atoms with Gasteiger partial charge in [-0.3, -0.25) is 4.79 Å². The van der Waals surface area contributed by atoms with Crippen LogP contribution in [0.2, 0.25) is 0 Å². The van der Waals surface area contributed by atoms with Crippen LogP contribution in [0.15, 0.2) is 48.7 Å². The summed E-state index contributed by atoms with van der Waals surface area (Å²) < 4.78 is 2.17. The van der Waals surface area contributed by atoms with E-state index in [0.717, 1.165) is 40.9 Å². The number of para-hydroxylation sites is 1. The van der Waals surface area contributed by atoms with Crippen molar-refractivity contribution in [2.75, 3.05) is 13.1 Å². The van der Waals surface area contributed by atoms with E-state index in [1.54, 1.807) is 6.20 Å². The summed E-state index contributed by atoms with van der Waals surface area (Å²) in [6.45, 7) is 3.42. The molecule has 130 valence electrons. The lowest BCUT2D eigenvalue weighted by Crippen LogP contribution is -2.29. The molecule has 1 N–H and O–H groups in total. The summed E-state index contributed by atoms with van der Waals surface area (Å²) in [4.78, 5) is 27.2. The first-order chi connectivity index (χ1) is 12.7. The van der Waals surface area contributed by atoms with Crippen LogP contribution in [0.4, 0.5) is 0 Å². The molecular weight excluding hydrogens is 326 g/mol. The summed E-state index contributed by atoms with van der Waals surface area (Å²) in [5, 5.41) is 1.06. The zero-order valence-corrected chi connectivity index (χ0v) is 14.5. The SMILES string of the molecule is Cc1nc2cccnc2n1[C@H]1CCN(C(=O)c2cc3ccccc3[nH]2)C1. The maximum atomic E-state index is 12.9. The van der Waals surface area contributed by atoms with Crippen LogP contribution in [0, 0.1) is 6.92 Å². The number of likely N-dealkylation sites (tertiary alicyclic amines) is 1. The molecular formula is C20H19N5O. The smallest absolute Gasteiger partial charge is 0.270 e. The molecule has 4 aromatic rings. The van der Waals surface area contributed by atoms with E-state index in [4.69, 9.17) is 0 Å². The number of aromatic nitrogens is 4. The molecule has 1 saturated heterocycles. The summed E-state index contributed by atoms with van der Waals surface area (Å²) in [6.07, 6.45) is 2.71. The van der Waals surface area contributed by atoms with Crippen molar-refractivity contribution >= 4 is 28.0 Å². The van der Waals surface area contributed by atoms with Crippen LogP contribution in [-0.4, -0.2) is 43.4 Å². The van der Waals surface area contributed by atoms with Gasteiger partial charge in [-0.1, -0.05) is 18.2 Å². The van der Waals surface area contributed by atoms with E-state index in [1.165, 1.54) is 0 Å². The summed E-state index contributed by atoms with van der Waals surface area (Å²) in [5.41, 5.74) is 3.45. The Morgan fingerprint density at radius 1 is 1.23 bits per heavy atom. The van der Waals surface area contributed by atoms with Crippen LogP contribution in [-0.2, 0) is 0 Å². The highest BCUT2D eigenvalue weighted by atomic mass is 16.2. The number of nitrogens with zero attached hydrogens (tertiary/aromatic N) is 4. The second kappa shape index (κ2) is 5.69. The molecule has 0 bridgehead atoms. The fourth-order valence-corrected chi connectivity index (χ4v) is 3.98. The predicted octanol–water partition coefficient (Wildman–Crippen LogP) is 3.31. The number of rotatable bonds is 2. The normalized spacial score (nSPS) is 17.4. The van der Waals surface area contributed by atoms with Gasteiger partial charge in [-0.05, 0) is 37.6 Å². The molecule has 1 atom stereocenters. The average Bonchev–Trinajstić information content (AvgIpc) is 3.36. The zero-order valence-electron chi connectivity index (χ0n) is 14.5. The first-order valence-corrected chi connectivity index (χ1v) is 8.87. The minimum absolute atomic E-state index is 0.0544. The van der Waals surface area contributed by atoms with Gasteiger partial charge in [-0.15, -0.1) is 0 Å². The monoisotopic (exact) mass is 345 g/mol. The first-order valence-electron chi connectivity index (χ1n) is 8.87. The first kappa shape index (κ1) is 15.1. The van der Waals surface area contributed by atoms with Gasteiger partial charge < -0.3 is 14.5 Å². The molecule has 0 radical (unpaired) electrons. The van der Waals surface area contributed by atoms with Crippen LogP contribution in [0.1, 0.15) is 28.8 Å². The van der Waals surface area contributed by atoms with Crippen molar-refractivity contribution in [2.45, 2.75) is 19.4 Å². The molecule has 0 spiro atoms. The highest BCUT2D eigenvalue weighted by Gasteiger charge is 2.30. The molecule has 5 rings (SSSR count). The lowest BCUT2D eigenvalue weighted by atomic mass is 10.2. The quantitative estimate of drug-likeness (QED) is 0.606. The Hall–Kier alpha value is -3.15. The van der Waals surface area contributed by atoms with Crippen LogP contribution < -0.4 is 0 Å². The standard InChI is InChI=1S/C20H19N5O/c1-13-22-17-7-4-9-21-19(17)25(13)15-8-10-24(12-15)20(26)18-11-14-5-2-3-6-16(14)23-18/h2-7,9,11,15,23H,8,10,12H2,1H3/t15-/m0/s1. The molecule has 1 fully saturated rings. The van der Waals surface area contributed by atoms with Crippen LogP contribution >= 0.6 is 0 Å². The van der Waals surface area contributed by atoms with E-state index in [2.05, 4.69) is 19.5 Å². The number of aromatic amines is 1. The van der Waals surface area contributed by atoms with Crippen molar-refractivity contribution in [3.63, 3.8) is 0 Å². The third-order valence-electron chi connectivity index (χ3n) is 5.20. The minimum atomic E-state index is 0.0544. The fraction of sp³-hybridized carbons (Fsp3) is 0.250. The molecule has 0 unspecified atom stereocenters. The number of H-pyrrole nitrogens is 1. The number of aryl methyl sites for hydroxylation is 1. The van der Waals surface area contributed by atoms with Crippen LogP contribution in [0.3, 0.4) is 0 Å². The molecule has 26 heavy (non-hydrogen) atoms. The van der Waals surface area contributed by atoms with Crippen LogP contribution in [0.5, 0.6) is 0 Å². The number of carbonyl (C=O) groups is 1. The van der Waals surface area contributed by atoms with Gasteiger partial charge in [-0.2, -0.15) is 0 Å². The summed E-state index contributed by atoms with van der Waals surface area (Å²) in [6, 6.07) is 14.0. The van der Waals surface area contributed by atoms with Crippen molar-refractivity contribution in [3.05, 3.63) is 60.2 Å². The van der Waals surface area contributed by atoms with Gasteiger partial charge in [0, 0.05) is 30.2 Å². The summed E-state index contributed by atoms with van der Waals surface area (Å²) in [5.74, 6) is 1.00. The molecule has 1 amide bonds. The maximum absolute atomic E-state index is 12.9. The van der Waals surface area contributed by atoms with Crippen molar-refractivity contribution in [1.82, 2.24) is 24.4 Å². The summed E-state index contributed by atoms with van der Waals surface area (Å²) >= 11 is 0. The van der Waals surface area contributed by atoms with E-state index >= 15 is 0 Å².